The molecule has 0 aliphatic carbocycles. The molecule has 1 N–H and O–H groups in total. The molecule has 1 saturated heterocycles. The zero-order valence-corrected chi connectivity index (χ0v) is 4.81. The van der Waals surface area contributed by atoms with Gasteiger partial charge in [-0.3, -0.25) is 4.79 Å². The Bertz CT molecular complexity index is 98.6. The molecule has 0 radical (unpaired) electrons. The van der Waals surface area contributed by atoms with Gasteiger partial charge in [0.1, 0.15) is 5.60 Å². The second-order valence-electron chi connectivity index (χ2n) is 2.27. The number of ether oxygens (including phenoxy) is 1. The predicted octanol–water partition coefficient (Wildman–Crippen LogP) is -0.479. The fourth-order valence-electron chi connectivity index (χ4n) is 0.677. The molecule has 1 fully saturated rings. The number of carbonyl (C=O) groups excluding carboxylic acids is 1. The van der Waals surface area contributed by atoms with Gasteiger partial charge >= 0.3 is 0 Å². The van der Waals surface area contributed by atoms with Gasteiger partial charge in [-0.15, -0.1) is 0 Å². The monoisotopic (exact) mass is 115 g/mol. The van der Waals surface area contributed by atoms with E-state index >= 15 is 0 Å². The molecule has 46 valence electrons. The summed E-state index contributed by atoms with van der Waals surface area (Å²) >= 11 is 0. The molecule has 0 amide bonds. The highest BCUT2D eigenvalue weighted by Crippen LogP contribution is 2.12. The summed E-state index contributed by atoms with van der Waals surface area (Å²) < 4.78 is 4.72. The van der Waals surface area contributed by atoms with Crippen molar-refractivity contribution in [3.8, 4) is 0 Å². The number of carbonyl (C=O) groups is 1. The highest BCUT2D eigenvalue weighted by atomic mass is 16.5. The average Bonchev–Trinajstić information content (AvgIpc) is 1.64. The van der Waals surface area contributed by atoms with Crippen LogP contribution in [0.4, 0.5) is 0 Å². The summed E-state index contributed by atoms with van der Waals surface area (Å²) in [5, 5.41) is 3.00. The third-order valence-electron chi connectivity index (χ3n) is 1.33. The van der Waals surface area contributed by atoms with E-state index in [1.54, 1.807) is 0 Å². The van der Waals surface area contributed by atoms with Gasteiger partial charge in [0.15, 0.2) is 0 Å². The van der Waals surface area contributed by atoms with Crippen LogP contribution in [0.15, 0.2) is 0 Å². The molecule has 0 aromatic heterocycles. The van der Waals surface area contributed by atoms with Crippen LogP contribution >= 0.6 is 0 Å². The molecule has 0 bridgehead atoms. The van der Waals surface area contributed by atoms with Crippen LogP contribution < -0.4 is 5.32 Å². The Morgan fingerprint density at radius 1 is 1.75 bits per heavy atom. The quantitative estimate of drug-likeness (QED) is 0.494. The van der Waals surface area contributed by atoms with E-state index < -0.39 is 0 Å². The van der Waals surface area contributed by atoms with Crippen LogP contribution in [0.1, 0.15) is 6.92 Å². The van der Waals surface area contributed by atoms with Gasteiger partial charge < -0.3 is 10.1 Å². The molecule has 0 aromatic carbocycles. The Hall–Kier alpha value is -0.570. The van der Waals surface area contributed by atoms with Crippen molar-refractivity contribution in [2.75, 3.05) is 13.1 Å². The molecular weight excluding hydrogens is 106 g/mol. The lowest BCUT2D eigenvalue weighted by molar-refractivity contribution is -0.146. The van der Waals surface area contributed by atoms with Gasteiger partial charge in [-0.25, -0.2) is 0 Å². The fourth-order valence-corrected chi connectivity index (χ4v) is 0.677. The van der Waals surface area contributed by atoms with Gasteiger partial charge in [0.05, 0.1) is 0 Å². The Morgan fingerprint density at radius 2 is 2.38 bits per heavy atom. The van der Waals surface area contributed by atoms with Crippen molar-refractivity contribution in [3.05, 3.63) is 0 Å². The standard InChI is InChI=1S/C5H9NO2/c1-5(8-4-7)2-6-3-5/h4,6H,2-3H2,1H3. The SMILES string of the molecule is CC1(OC=O)CNC1. The van der Waals surface area contributed by atoms with Crippen molar-refractivity contribution in [2.45, 2.75) is 12.5 Å². The minimum atomic E-state index is -0.207. The molecule has 3 nitrogen and oxygen atoms in total. The normalized spacial score (nSPS) is 23.6. The van der Waals surface area contributed by atoms with Crippen molar-refractivity contribution in [3.63, 3.8) is 0 Å². The summed E-state index contributed by atoms with van der Waals surface area (Å²) in [5.41, 5.74) is -0.207. The van der Waals surface area contributed by atoms with E-state index in [4.69, 9.17) is 4.74 Å². The van der Waals surface area contributed by atoms with Crippen LogP contribution in [0.25, 0.3) is 0 Å². The van der Waals surface area contributed by atoms with Crippen LogP contribution in [0.2, 0.25) is 0 Å². The summed E-state index contributed by atoms with van der Waals surface area (Å²) in [4.78, 5) is 9.76. The fraction of sp³-hybridized carbons (Fsp3) is 0.800. The van der Waals surface area contributed by atoms with Crippen LogP contribution in [-0.2, 0) is 9.53 Å². The molecular formula is C5H9NO2. The second kappa shape index (κ2) is 1.74. The van der Waals surface area contributed by atoms with Crippen LogP contribution in [0.3, 0.4) is 0 Å². The average molecular weight is 115 g/mol. The van der Waals surface area contributed by atoms with Crippen molar-refractivity contribution in [1.29, 1.82) is 0 Å². The molecule has 1 aliphatic heterocycles. The van der Waals surface area contributed by atoms with E-state index in [2.05, 4.69) is 5.32 Å². The highest BCUT2D eigenvalue weighted by molar-refractivity contribution is 5.38. The zero-order chi connectivity index (χ0) is 6.04. The first-order chi connectivity index (χ1) is 3.77. The van der Waals surface area contributed by atoms with E-state index in [0.717, 1.165) is 13.1 Å². The molecule has 0 spiro atoms. The third-order valence-corrected chi connectivity index (χ3v) is 1.33. The van der Waals surface area contributed by atoms with Gasteiger partial charge in [-0.1, -0.05) is 0 Å². The molecule has 3 heteroatoms. The van der Waals surface area contributed by atoms with E-state index in [1.807, 2.05) is 6.92 Å². The minimum Gasteiger partial charge on any atom is -0.459 e. The molecule has 8 heavy (non-hydrogen) atoms. The molecule has 0 aromatic rings. The van der Waals surface area contributed by atoms with Crippen molar-refractivity contribution in [1.82, 2.24) is 5.32 Å². The molecule has 0 atom stereocenters. The van der Waals surface area contributed by atoms with Crippen molar-refractivity contribution >= 4 is 6.47 Å². The minimum absolute atomic E-state index is 0.207. The van der Waals surface area contributed by atoms with Crippen LogP contribution in [0.5, 0.6) is 0 Å². The molecule has 1 heterocycles. The Labute approximate surface area is 48.0 Å². The lowest BCUT2D eigenvalue weighted by Gasteiger charge is -2.36. The van der Waals surface area contributed by atoms with Gasteiger partial charge in [0, 0.05) is 13.1 Å². The van der Waals surface area contributed by atoms with Gasteiger partial charge in [0.25, 0.3) is 6.47 Å². The summed E-state index contributed by atoms with van der Waals surface area (Å²) in [7, 11) is 0. The Balaban J connectivity index is 2.29. The molecule has 1 aliphatic rings. The first-order valence-corrected chi connectivity index (χ1v) is 2.59. The number of hydrogen-bond acceptors (Lipinski definition) is 3. The molecule has 0 unspecified atom stereocenters. The van der Waals surface area contributed by atoms with Gasteiger partial charge in [-0.2, -0.15) is 0 Å². The summed E-state index contributed by atoms with van der Waals surface area (Å²) in [6, 6.07) is 0. The summed E-state index contributed by atoms with van der Waals surface area (Å²) in [5.74, 6) is 0. The van der Waals surface area contributed by atoms with E-state index in [-0.39, 0.29) is 5.60 Å². The van der Waals surface area contributed by atoms with Gasteiger partial charge in [-0.05, 0) is 6.92 Å². The maximum atomic E-state index is 9.76. The number of hydrogen-bond donors (Lipinski definition) is 1. The van der Waals surface area contributed by atoms with Gasteiger partial charge in [0.2, 0.25) is 0 Å². The summed E-state index contributed by atoms with van der Waals surface area (Å²) in [6.07, 6.45) is 0. The first kappa shape index (κ1) is 5.56. The Morgan fingerprint density at radius 3 is 2.50 bits per heavy atom. The van der Waals surface area contributed by atoms with Crippen molar-refractivity contribution < 1.29 is 9.53 Å². The van der Waals surface area contributed by atoms with E-state index in [1.165, 1.54) is 0 Å². The maximum absolute atomic E-state index is 9.76. The predicted molar refractivity (Wildman–Crippen MR) is 28.4 cm³/mol. The smallest absolute Gasteiger partial charge is 0.293 e. The first-order valence-electron chi connectivity index (χ1n) is 2.59. The van der Waals surface area contributed by atoms with Crippen LogP contribution in [-0.4, -0.2) is 25.2 Å². The lowest BCUT2D eigenvalue weighted by atomic mass is 10.0. The van der Waals surface area contributed by atoms with E-state index in [0.29, 0.717) is 6.47 Å². The number of nitrogens with one attached hydrogen (secondary N) is 1. The lowest BCUT2D eigenvalue weighted by Crippen LogP contribution is -2.58. The molecule has 1 rings (SSSR count). The highest BCUT2D eigenvalue weighted by Gasteiger charge is 2.32. The van der Waals surface area contributed by atoms with Crippen LogP contribution in [0, 0.1) is 0 Å². The zero-order valence-electron chi connectivity index (χ0n) is 4.81. The molecule has 0 saturated carbocycles. The Kier molecular flexibility index (Phi) is 1.21. The largest absolute Gasteiger partial charge is 0.459 e. The second-order valence-corrected chi connectivity index (χ2v) is 2.27. The topological polar surface area (TPSA) is 38.3 Å². The number of rotatable bonds is 2. The maximum Gasteiger partial charge on any atom is 0.293 e. The summed E-state index contributed by atoms with van der Waals surface area (Å²) in [6.45, 7) is 3.97. The van der Waals surface area contributed by atoms with Crippen molar-refractivity contribution in [2.24, 2.45) is 0 Å². The third kappa shape index (κ3) is 0.816. The van der Waals surface area contributed by atoms with E-state index in [9.17, 15) is 4.79 Å².